The minimum absolute atomic E-state index is 0.181. The van der Waals surface area contributed by atoms with Crippen LogP contribution in [0.4, 0.5) is 0 Å². The number of ketones is 1. The Labute approximate surface area is 114 Å². The second-order valence-corrected chi connectivity index (χ2v) is 4.73. The van der Waals surface area contributed by atoms with Crippen LogP contribution in [0.2, 0.25) is 5.02 Å². The van der Waals surface area contributed by atoms with Crippen molar-refractivity contribution in [2.75, 3.05) is 6.61 Å². The Hall–Kier alpha value is -1.75. The lowest BCUT2D eigenvalue weighted by Crippen LogP contribution is -2.54. The molecule has 0 saturated heterocycles. The van der Waals surface area contributed by atoms with Gasteiger partial charge in [-0.25, -0.2) is 0 Å². The van der Waals surface area contributed by atoms with E-state index in [0.717, 1.165) is 0 Å². The monoisotopic (exact) mass is 281 g/mol. The molecular weight excluding hydrogens is 270 g/mol. The normalized spacial score (nSPS) is 23.0. The molecule has 6 nitrogen and oxygen atoms in total. The van der Waals surface area contributed by atoms with E-state index >= 15 is 0 Å². The Morgan fingerprint density at radius 2 is 2.42 bits per heavy atom. The molecule has 1 aliphatic rings. The fourth-order valence-corrected chi connectivity index (χ4v) is 2.27. The molecule has 100 valence electrons. The fraction of sp³-hybridized carbons (Fsp3) is 0.417. The average Bonchev–Trinajstić information content (AvgIpc) is 2.42. The van der Waals surface area contributed by atoms with Crippen molar-refractivity contribution in [2.45, 2.75) is 25.0 Å². The van der Waals surface area contributed by atoms with E-state index in [4.69, 9.17) is 21.9 Å². The Kier molecular flexibility index (Phi) is 3.66. The van der Waals surface area contributed by atoms with Gasteiger partial charge in [0.25, 0.3) is 0 Å². The topological polar surface area (TPSA) is 95.3 Å². The summed E-state index contributed by atoms with van der Waals surface area (Å²) in [5, 5.41) is 13.9. The van der Waals surface area contributed by atoms with Crippen LogP contribution in [0.15, 0.2) is 23.3 Å². The minimum atomic E-state index is -1.62. The number of carbonyl (C=O) groups is 1. The lowest BCUT2D eigenvalue weighted by atomic mass is 9.82. The highest BCUT2D eigenvalue weighted by Crippen LogP contribution is 2.36. The van der Waals surface area contributed by atoms with Crippen molar-refractivity contribution >= 4 is 17.4 Å². The summed E-state index contributed by atoms with van der Waals surface area (Å²) < 4.78 is 5.44. The first-order valence-electron chi connectivity index (χ1n) is 5.76. The van der Waals surface area contributed by atoms with Gasteiger partial charge < -0.3 is 9.84 Å². The highest BCUT2D eigenvalue weighted by molar-refractivity contribution is 6.31. The van der Waals surface area contributed by atoms with Crippen molar-refractivity contribution in [1.82, 2.24) is 0 Å². The third-order valence-corrected chi connectivity index (χ3v) is 3.42. The van der Waals surface area contributed by atoms with Gasteiger partial charge >= 0.3 is 0 Å². The second-order valence-electron chi connectivity index (χ2n) is 4.30. The van der Waals surface area contributed by atoms with Crippen molar-refractivity contribution < 1.29 is 14.6 Å². The lowest BCUT2D eigenvalue weighted by molar-refractivity contribution is 0.0332. The zero-order valence-corrected chi connectivity index (χ0v) is 11.0. The molecule has 1 N–H and O–H groups in total. The minimum Gasteiger partial charge on any atom is -0.492 e. The van der Waals surface area contributed by atoms with Crippen LogP contribution in [0.1, 0.15) is 23.7 Å². The van der Waals surface area contributed by atoms with Crippen LogP contribution in [-0.2, 0) is 0 Å². The molecule has 0 saturated carbocycles. The van der Waals surface area contributed by atoms with Gasteiger partial charge in [-0.2, -0.15) is 0 Å². The van der Waals surface area contributed by atoms with Crippen LogP contribution in [0.3, 0.4) is 0 Å². The van der Waals surface area contributed by atoms with Crippen molar-refractivity contribution in [1.29, 1.82) is 0 Å². The third-order valence-electron chi connectivity index (χ3n) is 3.19. The first kappa shape index (κ1) is 13.7. The van der Waals surface area contributed by atoms with Crippen LogP contribution in [0.5, 0.6) is 5.75 Å². The Balaban J connectivity index is 2.56. The van der Waals surface area contributed by atoms with E-state index in [1.165, 1.54) is 6.07 Å². The number of hydrogen-bond acceptors (Lipinski definition) is 4. The van der Waals surface area contributed by atoms with Crippen LogP contribution in [-0.4, -0.2) is 29.1 Å². The quantitative estimate of drug-likeness (QED) is 0.524. The summed E-state index contributed by atoms with van der Waals surface area (Å²) in [4.78, 5) is 15.2. The lowest BCUT2D eigenvalue weighted by Gasteiger charge is -2.35. The van der Waals surface area contributed by atoms with Crippen LogP contribution in [0.25, 0.3) is 10.4 Å². The zero-order valence-electron chi connectivity index (χ0n) is 10.2. The van der Waals surface area contributed by atoms with Gasteiger partial charge in [0.2, 0.25) is 0 Å². The van der Waals surface area contributed by atoms with Gasteiger partial charge in [-0.15, -0.1) is 0 Å². The van der Waals surface area contributed by atoms with Gasteiger partial charge in [0, 0.05) is 9.93 Å². The van der Waals surface area contributed by atoms with E-state index in [1.807, 2.05) is 0 Å². The Morgan fingerprint density at radius 3 is 3.05 bits per heavy atom. The molecule has 0 bridgehead atoms. The van der Waals surface area contributed by atoms with Gasteiger partial charge in [-0.05, 0) is 30.2 Å². The first-order chi connectivity index (χ1) is 9.05. The number of nitrogens with zero attached hydrogens (tertiary/aromatic N) is 3. The summed E-state index contributed by atoms with van der Waals surface area (Å²) in [6.07, 6.45) is -0.840. The summed E-state index contributed by atoms with van der Waals surface area (Å²) in [5.74, 6) is -0.0927. The maximum atomic E-state index is 12.5. The molecule has 0 fully saturated rings. The van der Waals surface area contributed by atoms with E-state index in [2.05, 4.69) is 10.0 Å². The van der Waals surface area contributed by atoms with Gasteiger partial charge in [0.15, 0.2) is 11.3 Å². The van der Waals surface area contributed by atoms with E-state index in [0.29, 0.717) is 10.8 Å². The summed E-state index contributed by atoms with van der Waals surface area (Å²) in [6.45, 7) is 1.51. The summed E-state index contributed by atoms with van der Waals surface area (Å²) >= 11 is 5.85. The molecule has 0 aliphatic carbocycles. The molecule has 19 heavy (non-hydrogen) atoms. The van der Waals surface area contributed by atoms with E-state index in [-0.39, 0.29) is 18.6 Å². The largest absolute Gasteiger partial charge is 0.492 e. The highest BCUT2D eigenvalue weighted by Gasteiger charge is 2.48. The number of aliphatic hydroxyl groups excluding tert-OH is 1. The molecular formula is C12H12ClN3O3. The van der Waals surface area contributed by atoms with Crippen molar-refractivity contribution in [3.8, 4) is 5.75 Å². The number of aliphatic hydroxyl groups is 1. The third kappa shape index (κ3) is 2.14. The first-order valence-corrected chi connectivity index (χ1v) is 6.14. The van der Waals surface area contributed by atoms with Gasteiger partial charge in [0.05, 0.1) is 11.7 Å². The summed E-state index contributed by atoms with van der Waals surface area (Å²) in [7, 11) is 0. The number of halogens is 1. The number of benzene rings is 1. The van der Waals surface area contributed by atoms with Crippen LogP contribution < -0.4 is 4.74 Å². The number of ether oxygens (including phenoxy) is 1. The maximum Gasteiger partial charge on any atom is 0.184 e. The number of fused-ring (bicyclic) bond motifs is 1. The van der Waals surface area contributed by atoms with E-state index in [9.17, 15) is 9.90 Å². The number of azide groups is 1. The van der Waals surface area contributed by atoms with Gasteiger partial charge in [-0.1, -0.05) is 23.6 Å². The molecule has 7 heteroatoms. The summed E-state index contributed by atoms with van der Waals surface area (Å²) in [5.41, 5.74) is 7.26. The van der Waals surface area contributed by atoms with Crippen molar-refractivity contribution in [2.24, 2.45) is 5.11 Å². The number of hydrogen-bond donors (Lipinski definition) is 1. The Morgan fingerprint density at radius 1 is 1.68 bits per heavy atom. The second kappa shape index (κ2) is 5.09. The van der Waals surface area contributed by atoms with Gasteiger partial charge in [-0.3, -0.25) is 4.79 Å². The molecule has 1 aliphatic heterocycles. The average molecular weight is 282 g/mol. The van der Waals surface area contributed by atoms with Crippen molar-refractivity contribution in [3.63, 3.8) is 0 Å². The molecule has 1 aromatic rings. The Bertz CT molecular complexity index is 571. The molecule has 1 aromatic carbocycles. The van der Waals surface area contributed by atoms with Crippen LogP contribution >= 0.6 is 11.6 Å². The SMILES string of the molecule is CC[C@@H](O)[C@@]1(N=[N+]=[N-])COc2ccc(Cl)cc2C1=O. The van der Waals surface area contributed by atoms with Gasteiger partial charge in [0.1, 0.15) is 12.4 Å². The predicted molar refractivity (Wildman–Crippen MR) is 69.5 cm³/mol. The standard InChI is InChI=1S/C12H12ClN3O3/c1-2-10(17)12(15-16-14)6-19-9-4-3-7(13)5-8(9)11(12)18/h3-5,10,17H,2,6H2,1H3/t10-,12+/m1/s1. The highest BCUT2D eigenvalue weighted by atomic mass is 35.5. The van der Waals surface area contributed by atoms with Crippen molar-refractivity contribution in [3.05, 3.63) is 39.2 Å². The van der Waals surface area contributed by atoms with E-state index < -0.39 is 17.4 Å². The fourth-order valence-electron chi connectivity index (χ4n) is 2.10. The molecule has 0 amide bonds. The molecule has 1 heterocycles. The smallest absolute Gasteiger partial charge is 0.184 e. The maximum absolute atomic E-state index is 12.5. The number of carbonyl (C=O) groups excluding carboxylic acids is 1. The number of rotatable bonds is 3. The molecule has 0 unspecified atom stereocenters. The molecule has 2 atom stereocenters. The molecule has 0 radical (unpaired) electrons. The molecule has 0 aromatic heterocycles. The number of Topliss-reactive ketones (excluding diaryl/α,β-unsaturated/α-hetero) is 1. The predicted octanol–water partition coefficient (Wildman–Crippen LogP) is 2.74. The van der Waals surface area contributed by atoms with E-state index in [1.54, 1.807) is 19.1 Å². The zero-order chi connectivity index (χ0) is 14.0. The summed E-state index contributed by atoms with van der Waals surface area (Å²) in [6, 6.07) is 4.63. The molecule has 2 rings (SSSR count). The van der Waals surface area contributed by atoms with Crippen LogP contribution in [0, 0.1) is 0 Å². The molecule has 0 spiro atoms.